The summed E-state index contributed by atoms with van der Waals surface area (Å²) in [7, 11) is -3.56. The van der Waals surface area contributed by atoms with Crippen LogP contribution < -0.4 is 0 Å². The third-order valence-corrected chi connectivity index (χ3v) is 4.97. The third kappa shape index (κ3) is 4.85. The summed E-state index contributed by atoms with van der Waals surface area (Å²) >= 11 is 3.24. The van der Waals surface area contributed by atoms with Gasteiger partial charge in [0.2, 0.25) is 10.0 Å². The first-order chi connectivity index (χ1) is 9.52. The zero-order chi connectivity index (χ0) is 15.0. The first-order valence-electron chi connectivity index (χ1n) is 6.23. The summed E-state index contributed by atoms with van der Waals surface area (Å²) in [5.41, 5.74) is 1.00. The number of aldehydes is 1. The van der Waals surface area contributed by atoms with Crippen molar-refractivity contribution in [2.24, 2.45) is 0 Å². The van der Waals surface area contributed by atoms with Crippen LogP contribution in [-0.4, -0.2) is 37.4 Å². The highest BCUT2D eigenvalue weighted by atomic mass is 79.9. The maximum Gasteiger partial charge on any atom is 0.243 e. The Labute approximate surface area is 128 Å². The molecule has 0 spiro atoms. The van der Waals surface area contributed by atoms with E-state index in [-0.39, 0.29) is 24.4 Å². The van der Waals surface area contributed by atoms with Crippen molar-refractivity contribution < 1.29 is 13.2 Å². The third-order valence-electron chi connectivity index (χ3n) is 2.72. The topological polar surface area (TPSA) is 54.5 Å². The molecule has 0 aliphatic heterocycles. The predicted octanol–water partition coefficient (Wildman–Crippen LogP) is 2.53. The molecule has 1 rings (SSSR count). The molecule has 0 bridgehead atoms. The van der Waals surface area contributed by atoms with E-state index in [9.17, 15) is 13.2 Å². The van der Waals surface area contributed by atoms with E-state index in [1.54, 1.807) is 30.3 Å². The number of alkyl halides is 1. The van der Waals surface area contributed by atoms with Gasteiger partial charge < -0.3 is 4.79 Å². The molecule has 1 aromatic rings. The molecule has 0 saturated heterocycles. The lowest BCUT2D eigenvalue weighted by atomic mass is 10.2. The van der Waals surface area contributed by atoms with Crippen molar-refractivity contribution in [2.45, 2.75) is 18.2 Å². The van der Waals surface area contributed by atoms with Gasteiger partial charge in [-0.2, -0.15) is 4.31 Å². The lowest BCUT2D eigenvalue weighted by molar-refractivity contribution is -0.107. The normalized spacial score (nSPS) is 12.2. The highest BCUT2D eigenvalue weighted by molar-refractivity contribution is 9.09. The van der Waals surface area contributed by atoms with Crippen LogP contribution in [0.1, 0.15) is 12.0 Å². The first-order valence-corrected chi connectivity index (χ1v) is 8.80. The van der Waals surface area contributed by atoms with Crippen LogP contribution in [0.3, 0.4) is 0 Å². The fourth-order valence-electron chi connectivity index (χ4n) is 1.62. The summed E-state index contributed by atoms with van der Waals surface area (Å²) < 4.78 is 26.3. The Kier molecular flexibility index (Phi) is 7.12. The largest absolute Gasteiger partial charge is 0.303 e. The number of sulfonamides is 1. The maximum atomic E-state index is 12.5. The number of carbonyl (C=O) groups excluding carboxylic acids is 1. The SMILES string of the molecule is Cc1ccc(S(=O)(=O)N(C/C=C/CBr)CCC=O)cc1. The van der Waals surface area contributed by atoms with Crippen LogP contribution in [0.5, 0.6) is 0 Å². The smallest absolute Gasteiger partial charge is 0.243 e. The van der Waals surface area contributed by atoms with Gasteiger partial charge in [-0.15, -0.1) is 0 Å². The predicted molar refractivity (Wildman–Crippen MR) is 83.6 cm³/mol. The van der Waals surface area contributed by atoms with E-state index in [0.717, 1.165) is 11.8 Å². The molecule has 0 aliphatic carbocycles. The zero-order valence-electron chi connectivity index (χ0n) is 11.3. The van der Waals surface area contributed by atoms with E-state index >= 15 is 0 Å². The van der Waals surface area contributed by atoms with Gasteiger partial charge >= 0.3 is 0 Å². The van der Waals surface area contributed by atoms with Crippen LogP contribution in [0.4, 0.5) is 0 Å². The number of hydrogen-bond acceptors (Lipinski definition) is 3. The Morgan fingerprint density at radius 3 is 2.40 bits per heavy atom. The van der Waals surface area contributed by atoms with Crippen LogP contribution in [0.2, 0.25) is 0 Å². The number of rotatable bonds is 8. The van der Waals surface area contributed by atoms with Crippen LogP contribution >= 0.6 is 15.9 Å². The van der Waals surface area contributed by atoms with Crippen molar-refractivity contribution in [1.29, 1.82) is 0 Å². The Bertz CT molecular complexity index is 552. The van der Waals surface area contributed by atoms with Gasteiger partial charge in [0.1, 0.15) is 6.29 Å². The van der Waals surface area contributed by atoms with Gasteiger partial charge in [-0.25, -0.2) is 8.42 Å². The molecule has 0 N–H and O–H groups in total. The second-order valence-corrected chi connectivity index (χ2v) is 6.84. The average Bonchev–Trinajstić information content (AvgIpc) is 2.43. The van der Waals surface area contributed by atoms with Crippen molar-refractivity contribution in [2.75, 3.05) is 18.4 Å². The molecule has 0 aromatic heterocycles. The summed E-state index contributed by atoms with van der Waals surface area (Å²) in [6.07, 6.45) is 4.52. The Morgan fingerprint density at radius 2 is 1.85 bits per heavy atom. The molecule has 4 nitrogen and oxygen atoms in total. The Balaban J connectivity index is 2.99. The molecule has 20 heavy (non-hydrogen) atoms. The maximum absolute atomic E-state index is 12.5. The average molecular weight is 360 g/mol. The Morgan fingerprint density at radius 1 is 1.20 bits per heavy atom. The molecule has 110 valence electrons. The fourth-order valence-corrected chi connectivity index (χ4v) is 3.29. The molecule has 1 aromatic carbocycles. The lowest BCUT2D eigenvalue weighted by Crippen LogP contribution is -2.32. The summed E-state index contributed by atoms with van der Waals surface area (Å²) in [5, 5.41) is 0.666. The monoisotopic (exact) mass is 359 g/mol. The Hall–Kier alpha value is -0.980. The number of nitrogens with zero attached hydrogens (tertiary/aromatic N) is 1. The van der Waals surface area contributed by atoms with Gasteiger partial charge in [0.25, 0.3) is 0 Å². The van der Waals surface area contributed by atoms with Gasteiger partial charge in [-0.1, -0.05) is 45.8 Å². The van der Waals surface area contributed by atoms with Crippen molar-refractivity contribution in [3.63, 3.8) is 0 Å². The molecule has 0 atom stereocenters. The minimum atomic E-state index is -3.56. The molecule has 0 amide bonds. The van der Waals surface area contributed by atoms with Gasteiger partial charge in [-0.05, 0) is 19.1 Å². The zero-order valence-corrected chi connectivity index (χ0v) is 13.7. The van der Waals surface area contributed by atoms with E-state index in [2.05, 4.69) is 15.9 Å². The van der Waals surface area contributed by atoms with Crippen molar-refractivity contribution >= 4 is 32.2 Å². The van der Waals surface area contributed by atoms with Crippen LogP contribution in [0.25, 0.3) is 0 Å². The van der Waals surface area contributed by atoms with E-state index in [1.165, 1.54) is 4.31 Å². The minimum absolute atomic E-state index is 0.187. The number of carbonyl (C=O) groups is 1. The molecular formula is C14H18BrNO3S. The minimum Gasteiger partial charge on any atom is -0.303 e. The van der Waals surface area contributed by atoms with E-state index in [4.69, 9.17) is 0 Å². The quantitative estimate of drug-likeness (QED) is 0.407. The summed E-state index contributed by atoms with van der Waals surface area (Å²) in [5.74, 6) is 0. The standard InChI is InChI=1S/C14H18BrNO3S/c1-13-5-7-14(8-6-13)20(18,19)16(11-4-12-17)10-3-2-9-15/h2-3,5-8,12H,4,9-11H2,1H3/b3-2+. The van der Waals surface area contributed by atoms with Gasteiger partial charge in [-0.3, -0.25) is 0 Å². The number of hydrogen-bond donors (Lipinski definition) is 0. The highest BCUT2D eigenvalue weighted by Gasteiger charge is 2.22. The molecule has 6 heteroatoms. The molecular weight excluding hydrogens is 342 g/mol. The number of benzene rings is 1. The highest BCUT2D eigenvalue weighted by Crippen LogP contribution is 2.16. The second kappa shape index (κ2) is 8.34. The summed E-state index contributed by atoms with van der Waals surface area (Å²) in [6.45, 7) is 2.35. The van der Waals surface area contributed by atoms with Crippen LogP contribution in [-0.2, 0) is 14.8 Å². The molecule has 0 radical (unpaired) electrons. The number of allylic oxidation sites excluding steroid dienone is 1. The second-order valence-electron chi connectivity index (χ2n) is 4.26. The van der Waals surface area contributed by atoms with Gasteiger partial charge in [0, 0.05) is 24.8 Å². The molecule has 0 fully saturated rings. The molecule has 0 saturated carbocycles. The van der Waals surface area contributed by atoms with E-state index < -0.39 is 10.0 Å². The lowest BCUT2D eigenvalue weighted by Gasteiger charge is -2.20. The van der Waals surface area contributed by atoms with Crippen LogP contribution in [0, 0.1) is 6.92 Å². The van der Waals surface area contributed by atoms with E-state index in [1.807, 2.05) is 13.0 Å². The van der Waals surface area contributed by atoms with E-state index in [0.29, 0.717) is 5.33 Å². The molecule has 0 aliphatic rings. The number of halogens is 1. The summed E-state index contributed by atoms with van der Waals surface area (Å²) in [6, 6.07) is 6.71. The van der Waals surface area contributed by atoms with Crippen molar-refractivity contribution in [3.05, 3.63) is 42.0 Å². The molecule has 0 unspecified atom stereocenters. The van der Waals surface area contributed by atoms with Crippen molar-refractivity contribution in [3.8, 4) is 0 Å². The first kappa shape index (κ1) is 17.1. The van der Waals surface area contributed by atoms with Gasteiger partial charge in [0.15, 0.2) is 0 Å². The molecule has 0 heterocycles. The van der Waals surface area contributed by atoms with Gasteiger partial charge in [0.05, 0.1) is 4.90 Å². The van der Waals surface area contributed by atoms with Crippen LogP contribution in [0.15, 0.2) is 41.3 Å². The fraction of sp³-hybridized carbons (Fsp3) is 0.357. The summed E-state index contributed by atoms with van der Waals surface area (Å²) in [4.78, 5) is 10.8. The number of aryl methyl sites for hydroxylation is 1. The van der Waals surface area contributed by atoms with Crippen molar-refractivity contribution in [1.82, 2.24) is 4.31 Å².